The van der Waals surface area contributed by atoms with Crippen molar-refractivity contribution in [2.75, 3.05) is 18.0 Å². The van der Waals surface area contributed by atoms with Crippen LogP contribution < -0.4 is 10.6 Å². The lowest BCUT2D eigenvalue weighted by Crippen LogP contribution is -2.40. The van der Waals surface area contributed by atoms with Crippen LogP contribution in [0.3, 0.4) is 0 Å². The molecule has 1 heterocycles. The summed E-state index contributed by atoms with van der Waals surface area (Å²) in [6.45, 7) is 1.42. The molecule has 1 saturated heterocycles. The van der Waals surface area contributed by atoms with Gasteiger partial charge in [-0.1, -0.05) is 0 Å². The molecule has 16 heavy (non-hydrogen) atoms. The van der Waals surface area contributed by atoms with Crippen molar-refractivity contribution in [3.63, 3.8) is 0 Å². The summed E-state index contributed by atoms with van der Waals surface area (Å²) >= 11 is 3.20. The second kappa shape index (κ2) is 4.67. The quantitative estimate of drug-likeness (QED) is 0.862. The van der Waals surface area contributed by atoms with Crippen LogP contribution in [0.2, 0.25) is 0 Å². The molecule has 0 aliphatic carbocycles. The summed E-state index contributed by atoms with van der Waals surface area (Å²) in [5, 5.41) is 0. The third-order valence-corrected chi connectivity index (χ3v) is 3.44. The molecule has 0 amide bonds. The molecule has 0 saturated carbocycles. The lowest BCUT2D eigenvalue weighted by Gasteiger charge is -2.32. The van der Waals surface area contributed by atoms with Crippen molar-refractivity contribution in [1.29, 1.82) is 0 Å². The Hall–Kier alpha value is -0.680. The minimum absolute atomic E-state index is 0.193. The van der Waals surface area contributed by atoms with Crippen molar-refractivity contribution in [2.24, 2.45) is 5.73 Å². The Bertz CT molecular complexity index is 367. The van der Waals surface area contributed by atoms with Crippen LogP contribution in [-0.4, -0.2) is 19.1 Å². The molecule has 1 aliphatic rings. The van der Waals surface area contributed by atoms with Crippen molar-refractivity contribution in [3.8, 4) is 0 Å². The molecule has 88 valence electrons. The van der Waals surface area contributed by atoms with Gasteiger partial charge in [-0.05, 0) is 34.8 Å². The number of anilines is 1. The van der Waals surface area contributed by atoms with Crippen LogP contribution in [0.5, 0.6) is 0 Å². The Kier molecular flexibility index (Phi) is 3.44. The van der Waals surface area contributed by atoms with E-state index < -0.39 is 11.6 Å². The molecule has 5 heteroatoms. The van der Waals surface area contributed by atoms with E-state index in [9.17, 15) is 8.78 Å². The lowest BCUT2D eigenvalue weighted by molar-refractivity contribution is 0.491. The number of piperidine rings is 1. The summed E-state index contributed by atoms with van der Waals surface area (Å²) < 4.78 is 27.0. The summed E-state index contributed by atoms with van der Waals surface area (Å²) in [7, 11) is 0. The maximum atomic E-state index is 13.7. The van der Waals surface area contributed by atoms with Crippen LogP contribution in [0.15, 0.2) is 16.6 Å². The monoisotopic (exact) mass is 290 g/mol. The Morgan fingerprint density at radius 1 is 1.25 bits per heavy atom. The highest BCUT2D eigenvalue weighted by Gasteiger charge is 2.21. The van der Waals surface area contributed by atoms with E-state index in [1.807, 2.05) is 4.90 Å². The highest BCUT2D eigenvalue weighted by Crippen LogP contribution is 2.32. The number of benzene rings is 1. The van der Waals surface area contributed by atoms with Crippen LogP contribution in [-0.2, 0) is 0 Å². The topological polar surface area (TPSA) is 29.3 Å². The van der Waals surface area contributed by atoms with Gasteiger partial charge in [0.2, 0.25) is 0 Å². The second-order valence-electron chi connectivity index (χ2n) is 4.04. The van der Waals surface area contributed by atoms with E-state index in [1.54, 1.807) is 0 Å². The smallest absolute Gasteiger partial charge is 0.150 e. The first kappa shape index (κ1) is 11.8. The largest absolute Gasteiger partial charge is 0.368 e. The van der Waals surface area contributed by atoms with E-state index in [-0.39, 0.29) is 6.04 Å². The van der Waals surface area contributed by atoms with Gasteiger partial charge in [0.25, 0.3) is 0 Å². The average molecular weight is 291 g/mol. The Balaban J connectivity index is 2.26. The van der Waals surface area contributed by atoms with E-state index in [0.29, 0.717) is 23.2 Å². The van der Waals surface area contributed by atoms with Crippen LogP contribution in [0.4, 0.5) is 14.5 Å². The zero-order valence-corrected chi connectivity index (χ0v) is 10.3. The molecule has 1 aromatic rings. The minimum Gasteiger partial charge on any atom is -0.368 e. The molecular weight excluding hydrogens is 278 g/mol. The van der Waals surface area contributed by atoms with Crippen LogP contribution >= 0.6 is 15.9 Å². The summed E-state index contributed by atoms with van der Waals surface area (Å²) in [6.07, 6.45) is 1.67. The maximum Gasteiger partial charge on any atom is 0.150 e. The maximum absolute atomic E-state index is 13.7. The molecule has 1 aliphatic heterocycles. The lowest BCUT2D eigenvalue weighted by atomic mass is 10.1. The van der Waals surface area contributed by atoms with Gasteiger partial charge < -0.3 is 10.6 Å². The molecule has 2 N–H and O–H groups in total. The van der Waals surface area contributed by atoms with Crippen LogP contribution in [0.1, 0.15) is 12.8 Å². The fourth-order valence-electron chi connectivity index (χ4n) is 1.96. The number of nitrogens with two attached hydrogens (primary N) is 1. The fourth-order valence-corrected chi connectivity index (χ4v) is 2.62. The molecule has 0 aromatic heterocycles. The SMILES string of the molecule is NC1CCN(c2c(F)cc(F)cc2Br)CC1. The van der Waals surface area contributed by atoms with Gasteiger partial charge >= 0.3 is 0 Å². The first-order chi connectivity index (χ1) is 7.58. The van der Waals surface area contributed by atoms with Crippen LogP contribution in [0.25, 0.3) is 0 Å². The third-order valence-electron chi connectivity index (χ3n) is 2.84. The first-order valence-electron chi connectivity index (χ1n) is 5.23. The second-order valence-corrected chi connectivity index (χ2v) is 4.90. The number of nitrogens with zero attached hydrogens (tertiary/aromatic N) is 1. The van der Waals surface area contributed by atoms with E-state index in [2.05, 4.69) is 15.9 Å². The molecular formula is C11H13BrF2N2. The van der Waals surface area contributed by atoms with E-state index in [1.165, 1.54) is 6.07 Å². The predicted molar refractivity (Wildman–Crippen MR) is 63.5 cm³/mol. The summed E-state index contributed by atoms with van der Waals surface area (Å²) in [6, 6.07) is 2.39. The Morgan fingerprint density at radius 2 is 1.88 bits per heavy atom. The highest BCUT2D eigenvalue weighted by molar-refractivity contribution is 9.10. The van der Waals surface area contributed by atoms with E-state index in [0.717, 1.165) is 18.9 Å². The molecule has 0 spiro atoms. The van der Waals surface area contributed by atoms with Gasteiger partial charge in [-0.25, -0.2) is 8.78 Å². The Labute approximate surface area is 102 Å². The normalized spacial score (nSPS) is 17.9. The van der Waals surface area contributed by atoms with Crippen LogP contribution in [0, 0.1) is 11.6 Å². The van der Waals surface area contributed by atoms with Gasteiger partial charge in [0.1, 0.15) is 5.82 Å². The van der Waals surface area contributed by atoms with Gasteiger partial charge in [0.15, 0.2) is 5.82 Å². The summed E-state index contributed by atoms with van der Waals surface area (Å²) in [5.74, 6) is -1.09. The molecule has 0 unspecified atom stereocenters. The van der Waals surface area contributed by atoms with E-state index >= 15 is 0 Å². The molecule has 2 rings (SSSR count). The number of hydrogen-bond acceptors (Lipinski definition) is 2. The zero-order chi connectivity index (χ0) is 11.7. The molecule has 0 atom stereocenters. The molecule has 2 nitrogen and oxygen atoms in total. The summed E-state index contributed by atoms with van der Waals surface area (Å²) in [4.78, 5) is 1.90. The van der Waals surface area contributed by atoms with Crippen molar-refractivity contribution < 1.29 is 8.78 Å². The average Bonchev–Trinajstić information content (AvgIpc) is 2.19. The van der Waals surface area contributed by atoms with Crippen molar-refractivity contribution >= 4 is 21.6 Å². The van der Waals surface area contributed by atoms with E-state index in [4.69, 9.17) is 5.73 Å². The minimum atomic E-state index is -0.568. The molecule has 0 radical (unpaired) electrons. The summed E-state index contributed by atoms with van der Waals surface area (Å²) in [5.41, 5.74) is 6.22. The number of halogens is 3. The molecule has 1 aromatic carbocycles. The van der Waals surface area contributed by atoms with Gasteiger partial charge in [-0.2, -0.15) is 0 Å². The molecule has 1 fully saturated rings. The zero-order valence-electron chi connectivity index (χ0n) is 8.72. The third kappa shape index (κ3) is 2.35. The van der Waals surface area contributed by atoms with Gasteiger partial charge in [0.05, 0.1) is 5.69 Å². The Morgan fingerprint density at radius 3 is 2.44 bits per heavy atom. The van der Waals surface area contributed by atoms with Crippen molar-refractivity contribution in [2.45, 2.75) is 18.9 Å². The first-order valence-corrected chi connectivity index (χ1v) is 6.02. The fraction of sp³-hybridized carbons (Fsp3) is 0.455. The van der Waals surface area contributed by atoms with Crippen molar-refractivity contribution in [1.82, 2.24) is 0 Å². The van der Waals surface area contributed by atoms with Crippen molar-refractivity contribution in [3.05, 3.63) is 28.2 Å². The van der Waals surface area contributed by atoms with Gasteiger partial charge in [0, 0.05) is 29.7 Å². The number of hydrogen-bond donors (Lipinski definition) is 1. The number of rotatable bonds is 1. The highest BCUT2D eigenvalue weighted by atomic mass is 79.9. The predicted octanol–water partition coefficient (Wildman–Crippen LogP) is 2.65. The standard InChI is InChI=1S/C11H13BrF2N2/c12-9-5-7(13)6-10(14)11(9)16-3-1-8(15)2-4-16/h5-6,8H,1-4,15H2. The van der Waals surface area contributed by atoms with Gasteiger partial charge in [-0.3, -0.25) is 0 Å². The molecule has 0 bridgehead atoms. The van der Waals surface area contributed by atoms with Gasteiger partial charge in [-0.15, -0.1) is 0 Å².